The third kappa shape index (κ3) is 4.90. The average Bonchev–Trinajstić information content (AvgIpc) is 3.37. The SMILES string of the molecule is C=CCNS(=O)(=O)c1cccc(C(=O)O[C@@H](C)C(=O)NC2CC2)c1. The number of esters is 1. The molecular weight excluding hydrogens is 332 g/mol. The molecule has 0 aliphatic heterocycles. The van der Waals surface area contributed by atoms with E-state index in [1.54, 1.807) is 0 Å². The second-order valence-electron chi connectivity index (χ2n) is 5.50. The molecule has 0 heterocycles. The van der Waals surface area contributed by atoms with Crippen molar-refractivity contribution in [3.63, 3.8) is 0 Å². The summed E-state index contributed by atoms with van der Waals surface area (Å²) in [5.74, 6) is -1.11. The van der Waals surface area contributed by atoms with Crippen LogP contribution in [0.5, 0.6) is 0 Å². The lowest BCUT2D eigenvalue weighted by atomic mass is 10.2. The molecule has 1 saturated carbocycles. The highest BCUT2D eigenvalue weighted by Gasteiger charge is 2.27. The lowest BCUT2D eigenvalue weighted by molar-refractivity contribution is -0.129. The Morgan fingerprint density at radius 2 is 2.12 bits per heavy atom. The van der Waals surface area contributed by atoms with Crippen molar-refractivity contribution < 1.29 is 22.7 Å². The largest absolute Gasteiger partial charge is 0.449 e. The first-order valence-electron chi connectivity index (χ1n) is 7.55. The summed E-state index contributed by atoms with van der Waals surface area (Å²) in [6.45, 7) is 4.99. The Kier molecular flexibility index (Phi) is 5.74. The topological polar surface area (TPSA) is 102 Å². The van der Waals surface area contributed by atoms with Crippen LogP contribution in [0.15, 0.2) is 41.8 Å². The first-order valence-corrected chi connectivity index (χ1v) is 9.04. The molecule has 0 bridgehead atoms. The smallest absolute Gasteiger partial charge is 0.338 e. The van der Waals surface area contributed by atoms with Gasteiger partial charge in [0.25, 0.3) is 5.91 Å². The van der Waals surface area contributed by atoms with E-state index in [0.29, 0.717) is 0 Å². The number of sulfonamides is 1. The Labute approximate surface area is 141 Å². The third-order valence-electron chi connectivity index (χ3n) is 3.37. The molecule has 1 aromatic rings. The minimum absolute atomic E-state index is 0.0579. The molecule has 0 saturated heterocycles. The molecule has 0 spiro atoms. The molecular formula is C16H20N2O5S. The van der Waals surface area contributed by atoms with E-state index in [1.807, 2.05) is 0 Å². The Morgan fingerprint density at radius 3 is 2.75 bits per heavy atom. The number of rotatable bonds is 8. The van der Waals surface area contributed by atoms with Crippen molar-refractivity contribution in [3.8, 4) is 0 Å². The van der Waals surface area contributed by atoms with Gasteiger partial charge >= 0.3 is 5.97 Å². The van der Waals surface area contributed by atoms with Gasteiger partial charge < -0.3 is 10.1 Å². The van der Waals surface area contributed by atoms with Crippen LogP contribution < -0.4 is 10.0 Å². The molecule has 130 valence electrons. The Bertz CT molecular complexity index is 741. The Morgan fingerprint density at radius 1 is 1.42 bits per heavy atom. The molecule has 2 rings (SSSR count). The predicted octanol–water partition coefficient (Wildman–Crippen LogP) is 0.975. The van der Waals surface area contributed by atoms with Crippen molar-refractivity contribution in [1.82, 2.24) is 10.0 Å². The lowest BCUT2D eigenvalue weighted by Gasteiger charge is -2.13. The minimum atomic E-state index is -3.74. The minimum Gasteiger partial charge on any atom is -0.449 e. The van der Waals surface area contributed by atoms with Crippen LogP contribution in [-0.4, -0.2) is 39.0 Å². The fourth-order valence-corrected chi connectivity index (χ4v) is 2.91. The normalized spacial score (nSPS) is 15.4. The van der Waals surface area contributed by atoms with Gasteiger partial charge in [0.2, 0.25) is 10.0 Å². The highest BCUT2D eigenvalue weighted by molar-refractivity contribution is 7.89. The van der Waals surface area contributed by atoms with Crippen molar-refractivity contribution in [2.75, 3.05) is 6.54 Å². The van der Waals surface area contributed by atoms with Crippen molar-refractivity contribution in [1.29, 1.82) is 0 Å². The first-order chi connectivity index (χ1) is 11.3. The molecule has 7 nitrogen and oxygen atoms in total. The van der Waals surface area contributed by atoms with Crippen LogP contribution in [0.3, 0.4) is 0 Å². The number of amides is 1. The summed E-state index contributed by atoms with van der Waals surface area (Å²) in [6.07, 6.45) is 2.33. The number of carbonyl (C=O) groups excluding carboxylic acids is 2. The second-order valence-corrected chi connectivity index (χ2v) is 7.27. The third-order valence-corrected chi connectivity index (χ3v) is 4.80. The summed E-state index contributed by atoms with van der Waals surface area (Å²) in [5, 5.41) is 2.74. The highest BCUT2D eigenvalue weighted by Crippen LogP contribution is 2.19. The molecule has 2 N–H and O–H groups in total. The number of benzene rings is 1. The zero-order chi connectivity index (χ0) is 17.7. The van der Waals surface area contributed by atoms with E-state index in [4.69, 9.17) is 4.74 Å². The molecule has 0 radical (unpaired) electrons. The van der Waals surface area contributed by atoms with Gasteiger partial charge in [-0.1, -0.05) is 12.1 Å². The van der Waals surface area contributed by atoms with E-state index < -0.39 is 22.1 Å². The molecule has 0 unspecified atom stereocenters. The van der Waals surface area contributed by atoms with E-state index in [1.165, 1.54) is 37.3 Å². The van der Waals surface area contributed by atoms with E-state index in [0.717, 1.165) is 12.8 Å². The van der Waals surface area contributed by atoms with Crippen LogP contribution in [0.4, 0.5) is 0 Å². The van der Waals surface area contributed by atoms with Crippen LogP contribution in [0.1, 0.15) is 30.1 Å². The van der Waals surface area contributed by atoms with Crippen LogP contribution in [0.2, 0.25) is 0 Å². The summed E-state index contributed by atoms with van der Waals surface area (Å²) < 4.78 is 31.5. The van der Waals surface area contributed by atoms with Gasteiger partial charge in [-0.2, -0.15) is 0 Å². The van der Waals surface area contributed by atoms with Gasteiger partial charge in [0, 0.05) is 12.6 Å². The van der Waals surface area contributed by atoms with Gasteiger partial charge in [0.05, 0.1) is 10.5 Å². The molecule has 1 aromatic carbocycles. The summed E-state index contributed by atoms with van der Waals surface area (Å²) in [6, 6.07) is 5.61. The first kappa shape index (κ1) is 18.2. The summed E-state index contributed by atoms with van der Waals surface area (Å²) in [7, 11) is -3.74. The number of nitrogens with one attached hydrogen (secondary N) is 2. The summed E-state index contributed by atoms with van der Waals surface area (Å²) in [4.78, 5) is 23.9. The Hall–Kier alpha value is -2.19. The van der Waals surface area contributed by atoms with E-state index >= 15 is 0 Å². The van der Waals surface area contributed by atoms with Gasteiger partial charge in [-0.15, -0.1) is 6.58 Å². The molecule has 1 amide bonds. The number of carbonyl (C=O) groups is 2. The highest BCUT2D eigenvalue weighted by atomic mass is 32.2. The maximum absolute atomic E-state index is 12.1. The van der Waals surface area contributed by atoms with Crippen molar-refractivity contribution in [2.24, 2.45) is 0 Å². The lowest BCUT2D eigenvalue weighted by Crippen LogP contribution is -2.37. The van der Waals surface area contributed by atoms with Crippen LogP contribution in [-0.2, 0) is 19.6 Å². The number of ether oxygens (including phenoxy) is 1. The van der Waals surface area contributed by atoms with Gasteiger partial charge in [-0.3, -0.25) is 4.79 Å². The molecule has 1 fully saturated rings. The maximum atomic E-state index is 12.1. The molecule has 1 atom stereocenters. The van der Waals surface area contributed by atoms with Gasteiger partial charge in [-0.05, 0) is 38.0 Å². The van der Waals surface area contributed by atoms with Crippen LogP contribution >= 0.6 is 0 Å². The summed E-state index contributed by atoms with van der Waals surface area (Å²) in [5.41, 5.74) is 0.0579. The standard InChI is InChI=1S/C16H20N2O5S/c1-3-9-17-24(21,22)14-6-4-5-12(10-14)16(20)23-11(2)15(19)18-13-7-8-13/h3-6,10-11,13,17H,1,7-9H2,2H3,(H,18,19)/t11-/m0/s1. The second kappa shape index (κ2) is 7.59. The van der Waals surface area contributed by atoms with Crippen molar-refractivity contribution >= 4 is 21.9 Å². The average molecular weight is 352 g/mol. The quantitative estimate of drug-likeness (QED) is 0.536. The molecule has 0 aromatic heterocycles. The fourth-order valence-electron chi connectivity index (χ4n) is 1.87. The van der Waals surface area contributed by atoms with Gasteiger partial charge in [-0.25, -0.2) is 17.9 Å². The maximum Gasteiger partial charge on any atom is 0.338 e. The fraction of sp³-hybridized carbons (Fsp3) is 0.375. The molecule has 8 heteroatoms. The predicted molar refractivity (Wildman–Crippen MR) is 87.9 cm³/mol. The van der Waals surface area contributed by atoms with E-state index in [-0.39, 0.29) is 29.0 Å². The van der Waals surface area contributed by atoms with Gasteiger partial charge in [0.1, 0.15) is 0 Å². The number of hydrogen-bond acceptors (Lipinski definition) is 5. The monoisotopic (exact) mass is 352 g/mol. The van der Waals surface area contributed by atoms with Crippen LogP contribution in [0.25, 0.3) is 0 Å². The molecule has 24 heavy (non-hydrogen) atoms. The van der Waals surface area contributed by atoms with Crippen LogP contribution in [0, 0.1) is 0 Å². The summed E-state index contributed by atoms with van der Waals surface area (Å²) >= 11 is 0. The zero-order valence-corrected chi connectivity index (χ0v) is 14.1. The van der Waals surface area contributed by atoms with Crippen molar-refractivity contribution in [2.45, 2.75) is 36.8 Å². The molecule has 1 aliphatic rings. The van der Waals surface area contributed by atoms with E-state index in [9.17, 15) is 18.0 Å². The Balaban J connectivity index is 2.05. The molecule has 1 aliphatic carbocycles. The van der Waals surface area contributed by atoms with Crippen molar-refractivity contribution in [3.05, 3.63) is 42.5 Å². The van der Waals surface area contributed by atoms with Gasteiger partial charge in [0.15, 0.2) is 6.10 Å². The zero-order valence-electron chi connectivity index (χ0n) is 13.3. The van der Waals surface area contributed by atoms with E-state index in [2.05, 4.69) is 16.6 Å². The number of hydrogen-bond donors (Lipinski definition) is 2.